The molecule has 3 fully saturated rings. The monoisotopic (exact) mass is 472 g/mol. The molecular formula is C23H36N8O3. The van der Waals surface area contributed by atoms with Gasteiger partial charge in [-0.25, -0.2) is 0 Å². The second kappa shape index (κ2) is 8.47. The number of fused-ring (bicyclic) bond motifs is 5. The Morgan fingerprint density at radius 1 is 1.09 bits per heavy atom. The van der Waals surface area contributed by atoms with Crippen molar-refractivity contribution in [2.24, 2.45) is 71.9 Å². The molecule has 11 nitrogen and oxygen atoms in total. The van der Waals surface area contributed by atoms with E-state index in [1.165, 1.54) is 5.57 Å². The van der Waals surface area contributed by atoms with Crippen LogP contribution in [-0.4, -0.2) is 57.0 Å². The predicted octanol–water partition coefficient (Wildman–Crippen LogP) is -0.322. The summed E-state index contributed by atoms with van der Waals surface area (Å²) in [4.78, 5) is 0. The van der Waals surface area contributed by atoms with Crippen LogP contribution >= 0.6 is 0 Å². The van der Waals surface area contributed by atoms with Crippen molar-refractivity contribution in [1.29, 1.82) is 0 Å². The SMILES string of the molecule is C[C@]12C=C/C(=N/N=C(N)N)C=C1CC[C@@H]1[C@@H]2C(O)C[C@@]2(C)[C@H]1CC[C@]2(O)/C(CO)=N/N=C(N)N. The van der Waals surface area contributed by atoms with Crippen molar-refractivity contribution in [3.63, 3.8) is 0 Å². The van der Waals surface area contributed by atoms with Crippen LogP contribution in [0.15, 0.2) is 44.2 Å². The Balaban J connectivity index is 1.69. The number of nitrogens with zero attached hydrogens (tertiary/aromatic N) is 4. The fraction of sp³-hybridized carbons (Fsp3) is 0.652. The van der Waals surface area contributed by atoms with E-state index in [4.69, 9.17) is 22.9 Å². The van der Waals surface area contributed by atoms with Crippen molar-refractivity contribution in [1.82, 2.24) is 0 Å². The maximum Gasteiger partial charge on any atom is 0.211 e. The molecule has 11 N–H and O–H groups in total. The topological polar surface area (TPSA) is 214 Å². The molecule has 0 aromatic heterocycles. The average molecular weight is 473 g/mol. The first kappa shape index (κ1) is 24.4. The molecule has 0 aromatic carbocycles. The third kappa shape index (κ3) is 3.62. The minimum absolute atomic E-state index is 0.0129. The van der Waals surface area contributed by atoms with Gasteiger partial charge in [0.1, 0.15) is 5.60 Å². The van der Waals surface area contributed by atoms with Crippen LogP contribution in [0, 0.1) is 28.6 Å². The van der Waals surface area contributed by atoms with Gasteiger partial charge in [0, 0.05) is 16.7 Å². The van der Waals surface area contributed by atoms with Gasteiger partial charge in [-0.1, -0.05) is 25.5 Å². The number of hydrogen-bond acceptors (Lipinski definition) is 7. The lowest BCUT2D eigenvalue weighted by atomic mass is 9.46. The molecule has 4 aliphatic rings. The Labute approximate surface area is 199 Å². The number of allylic oxidation sites excluding steroid dienone is 4. The van der Waals surface area contributed by atoms with Gasteiger partial charge in [0.2, 0.25) is 11.9 Å². The second-order valence-electron chi connectivity index (χ2n) is 10.5. The molecule has 0 aliphatic heterocycles. The predicted molar refractivity (Wildman–Crippen MR) is 132 cm³/mol. The van der Waals surface area contributed by atoms with Crippen LogP contribution in [0.5, 0.6) is 0 Å². The first-order valence-corrected chi connectivity index (χ1v) is 11.7. The van der Waals surface area contributed by atoms with Crippen molar-refractivity contribution in [3.05, 3.63) is 23.8 Å². The summed E-state index contributed by atoms with van der Waals surface area (Å²) in [6.45, 7) is 3.69. The quantitative estimate of drug-likeness (QED) is 0.164. The molecule has 0 radical (unpaired) electrons. The second-order valence-corrected chi connectivity index (χ2v) is 10.5. The first-order valence-electron chi connectivity index (χ1n) is 11.7. The van der Waals surface area contributed by atoms with Gasteiger partial charge in [0.05, 0.1) is 24.1 Å². The molecule has 11 heteroatoms. The Morgan fingerprint density at radius 2 is 1.79 bits per heavy atom. The molecule has 0 bridgehead atoms. The van der Waals surface area contributed by atoms with Crippen LogP contribution in [0.1, 0.15) is 46.0 Å². The van der Waals surface area contributed by atoms with E-state index in [-0.39, 0.29) is 40.8 Å². The largest absolute Gasteiger partial charge is 0.393 e. The van der Waals surface area contributed by atoms with Gasteiger partial charge in [-0.15, -0.1) is 15.3 Å². The van der Waals surface area contributed by atoms with Gasteiger partial charge in [0.15, 0.2) is 0 Å². The molecule has 0 aromatic rings. The minimum Gasteiger partial charge on any atom is -0.393 e. The molecule has 0 heterocycles. The van der Waals surface area contributed by atoms with E-state index < -0.39 is 23.7 Å². The van der Waals surface area contributed by atoms with Crippen molar-refractivity contribution in [2.75, 3.05) is 6.61 Å². The normalized spacial score (nSPS) is 42.3. The standard InChI is InChI=1S/C23H36N8O3/c1-21-7-5-13(28-30-19(24)25)9-12(21)3-4-14-15-6-8-23(34,17(11-32)29-31-20(26)27)22(15,2)10-16(33)18(14)21/h5,7,9,14-16,18,32-34H,3-4,6,8,10-11H2,1-2H3,(H4,24,25,30)(H4,26,27,31)/b28-13-,29-17+/t14-,15-,16?,18+,21-,22-,23-/m0/s1. The number of hydrogen-bond donors (Lipinski definition) is 7. The Kier molecular flexibility index (Phi) is 6.07. The number of rotatable bonds is 4. The van der Waals surface area contributed by atoms with E-state index in [2.05, 4.69) is 33.4 Å². The Bertz CT molecular complexity index is 1030. The lowest BCUT2D eigenvalue weighted by Gasteiger charge is -2.59. The number of aliphatic hydroxyl groups is 3. The molecular weight excluding hydrogens is 436 g/mol. The van der Waals surface area contributed by atoms with Crippen molar-refractivity contribution in [2.45, 2.75) is 57.7 Å². The highest BCUT2D eigenvalue weighted by Crippen LogP contribution is 2.67. The highest BCUT2D eigenvalue weighted by Gasteiger charge is 2.67. The lowest BCUT2D eigenvalue weighted by molar-refractivity contribution is -0.143. The molecule has 0 spiro atoms. The fourth-order valence-corrected chi connectivity index (χ4v) is 7.36. The molecule has 4 aliphatic carbocycles. The fourth-order valence-electron chi connectivity index (χ4n) is 7.36. The van der Waals surface area contributed by atoms with E-state index in [0.717, 1.165) is 19.3 Å². The molecule has 1 unspecified atom stereocenters. The van der Waals surface area contributed by atoms with Gasteiger partial charge in [-0.3, -0.25) is 0 Å². The molecule has 34 heavy (non-hydrogen) atoms. The maximum atomic E-state index is 11.8. The molecule has 7 atom stereocenters. The summed E-state index contributed by atoms with van der Waals surface area (Å²) in [5, 5.41) is 48.9. The van der Waals surface area contributed by atoms with Crippen LogP contribution in [0.25, 0.3) is 0 Å². The summed E-state index contributed by atoms with van der Waals surface area (Å²) in [6.07, 6.45) is 8.64. The molecule has 186 valence electrons. The summed E-state index contributed by atoms with van der Waals surface area (Å²) in [6, 6.07) is 0. The molecule has 4 rings (SSSR count). The van der Waals surface area contributed by atoms with E-state index >= 15 is 0 Å². The summed E-state index contributed by atoms with van der Waals surface area (Å²) in [7, 11) is 0. The summed E-state index contributed by atoms with van der Waals surface area (Å²) in [5.41, 5.74) is 21.2. The third-order valence-electron chi connectivity index (χ3n) is 8.85. The molecule has 0 saturated heterocycles. The van der Waals surface area contributed by atoms with E-state index in [0.29, 0.717) is 18.6 Å². The number of guanidine groups is 2. The van der Waals surface area contributed by atoms with Crippen molar-refractivity contribution >= 4 is 23.3 Å². The van der Waals surface area contributed by atoms with Gasteiger partial charge < -0.3 is 38.3 Å². The average Bonchev–Trinajstić information content (AvgIpc) is 3.03. The smallest absolute Gasteiger partial charge is 0.211 e. The van der Waals surface area contributed by atoms with Crippen LogP contribution in [0.2, 0.25) is 0 Å². The zero-order valence-electron chi connectivity index (χ0n) is 19.7. The minimum atomic E-state index is -1.41. The zero-order chi connectivity index (χ0) is 24.9. The highest BCUT2D eigenvalue weighted by molar-refractivity contribution is 6.06. The number of nitrogens with two attached hydrogens (primary N) is 4. The van der Waals surface area contributed by atoms with Gasteiger partial charge in [-0.2, -0.15) is 5.10 Å². The summed E-state index contributed by atoms with van der Waals surface area (Å²) < 4.78 is 0. The maximum absolute atomic E-state index is 11.8. The van der Waals surface area contributed by atoms with E-state index in [1.807, 2.05) is 19.1 Å². The zero-order valence-corrected chi connectivity index (χ0v) is 19.7. The Hall–Kier alpha value is -2.76. The van der Waals surface area contributed by atoms with Crippen molar-refractivity contribution in [3.8, 4) is 0 Å². The first-order chi connectivity index (χ1) is 16.0. The van der Waals surface area contributed by atoms with Crippen molar-refractivity contribution < 1.29 is 15.3 Å². The molecule has 0 amide bonds. The van der Waals surface area contributed by atoms with Crippen LogP contribution in [0.3, 0.4) is 0 Å². The van der Waals surface area contributed by atoms with E-state index in [9.17, 15) is 15.3 Å². The number of aliphatic hydroxyl groups excluding tert-OH is 2. The Morgan fingerprint density at radius 3 is 2.44 bits per heavy atom. The highest BCUT2D eigenvalue weighted by atomic mass is 16.3. The van der Waals surface area contributed by atoms with Gasteiger partial charge in [0.25, 0.3) is 0 Å². The third-order valence-corrected chi connectivity index (χ3v) is 8.85. The van der Waals surface area contributed by atoms with Gasteiger partial charge in [-0.05, 0) is 56.1 Å². The van der Waals surface area contributed by atoms with E-state index in [1.54, 1.807) is 0 Å². The van der Waals surface area contributed by atoms with Gasteiger partial charge >= 0.3 is 0 Å². The lowest BCUT2D eigenvalue weighted by Crippen LogP contribution is -2.61. The molecule has 3 saturated carbocycles. The van der Waals surface area contributed by atoms with Crippen LogP contribution in [-0.2, 0) is 0 Å². The van der Waals surface area contributed by atoms with Crippen LogP contribution < -0.4 is 22.9 Å². The van der Waals surface area contributed by atoms with Crippen LogP contribution in [0.4, 0.5) is 0 Å². The summed E-state index contributed by atoms with van der Waals surface area (Å²) >= 11 is 0. The summed E-state index contributed by atoms with van der Waals surface area (Å²) in [5.74, 6) is -0.0258.